The summed E-state index contributed by atoms with van der Waals surface area (Å²) in [6.07, 6.45) is 3.70. The second kappa shape index (κ2) is 7.07. The van der Waals surface area contributed by atoms with E-state index in [1.165, 1.54) is 0 Å². The SMILES string of the molecule is CC(NC(=O)C(C)(C)C)C(=O)NC1CCC(CO)CC1. The summed E-state index contributed by atoms with van der Waals surface area (Å²) in [6, 6.07) is -0.350. The first kappa shape index (κ1) is 17.0. The molecular formula is C15H28N2O3. The molecule has 0 aliphatic heterocycles. The zero-order valence-electron chi connectivity index (χ0n) is 13.0. The van der Waals surface area contributed by atoms with Gasteiger partial charge in [-0.05, 0) is 38.5 Å². The molecule has 1 aliphatic rings. The summed E-state index contributed by atoms with van der Waals surface area (Å²) in [5, 5.41) is 14.8. The van der Waals surface area contributed by atoms with Crippen LogP contribution in [0.15, 0.2) is 0 Å². The molecule has 2 amide bonds. The van der Waals surface area contributed by atoms with Gasteiger partial charge in [0.15, 0.2) is 0 Å². The normalized spacial score (nSPS) is 24.9. The Hall–Kier alpha value is -1.10. The maximum atomic E-state index is 12.0. The van der Waals surface area contributed by atoms with E-state index in [1.807, 2.05) is 20.8 Å². The Bertz CT molecular complexity index is 342. The van der Waals surface area contributed by atoms with Crippen molar-refractivity contribution in [2.24, 2.45) is 11.3 Å². The van der Waals surface area contributed by atoms with Crippen LogP contribution in [-0.2, 0) is 9.59 Å². The van der Waals surface area contributed by atoms with Crippen molar-refractivity contribution in [3.8, 4) is 0 Å². The maximum Gasteiger partial charge on any atom is 0.242 e. The number of nitrogens with one attached hydrogen (secondary N) is 2. The minimum Gasteiger partial charge on any atom is -0.396 e. The van der Waals surface area contributed by atoms with Gasteiger partial charge in [-0.2, -0.15) is 0 Å². The predicted octanol–water partition coefficient (Wildman–Crippen LogP) is 1.20. The van der Waals surface area contributed by atoms with Crippen molar-refractivity contribution in [2.45, 2.75) is 65.5 Å². The Morgan fingerprint density at radius 1 is 1.20 bits per heavy atom. The molecule has 1 fully saturated rings. The molecule has 0 bridgehead atoms. The molecule has 1 rings (SSSR count). The van der Waals surface area contributed by atoms with E-state index in [2.05, 4.69) is 10.6 Å². The number of aliphatic hydroxyl groups excluding tert-OH is 1. The monoisotopic (exact) mass is 284 g/mol. The molecule has 5 heteroatoms. The third kappa shape index (κ3) is 5.12. The summed E-state index contributed by atoms with van der Waals surface area (Å²) in [6.45, 7) is 7.41. The average molecular weight is 284 g/mol. The van der Waals surface area contributed by atoms with Crippen LogP contribution in [0, 0.1) is 11.3 Å². The van der Waals surface area contributed by atoms with E-state index < -0.39 is 11.5 Å². The van der Waals surface area contributed by atoms with Crippen molar-refractivity contribution in [3.05, 3.63) is 0 Å². The average Bonchev–Trinajstić information content (AvgIpc) is 2.38. The van der Waals surface area contributed by atoms with E-state index in [0.29, 0.717) is 5.92 Å². The van der Waals surface area contributed by atoms with Crippen molar-refractivity contribution in [1.82, 2.24) is 10.6 Å². The molecule has 0 aromatic carbocycles. The predicted molar refractivity (Wildman–Crippen MR) is 78.0 cm³/mol. The molecular weight excluding hydrogens is 256 g/mol. The van der Waals surface area contributed by atoms with Crippen molar-refractivity contribution < 1.29 is 14.7 Å². The number of carbonyl (C=O) groups is 2. The standard InChI is InChI=1S/C15H28N2O3/c1-10(16-14(20)15(2,3)4)13(19)17-12-7-5-11(9-18)6-8-12/h10-12,18H,5-9H2,1-4H3,(H,16,20)(H,17,19). The lowest BCUT2D eigenvalue weighted by atomic mass is 9.86. The molecule has 0 radical (unpaired) electrons. The van der Waals surface area contributed by atoms with Gasteiger partial charge in [-0.25, -0.2) is 0 Å². The zero-order valence-corrected chi connectivity index (χ0v) is 13.0. The lowest BCUT2D eigenvalue weighted by molar-refractivity contribution is -0.133. The third-order valence-electron chi connectivity index (χ3n) is 3.87. The van der Waals surface area contributed by atoms with Crippen LogP contribution in [0.5, 0.6) is 0 Å². The highest BCUT2D eigenvalue weighted by molar-refractivity contribution is 5.89. The van der Waals surface area contributed by atoms with E-state index >= 15 is 0 Å². The van der Waals surface area contributed by atoms with Crippen LogP contribution in [0.4, 0.5) is 0 Å². The Kier molecular flexibility index (Phi) is 5.99. The van der Waals surface area contributed by atoms with Crippen LogP contribution in [-0.4, -0.2) is 35.6 Å². The van der Waals surface area contributed by atoms with Gasteiger partial charge < -0.3 is 15.7 Å². The molecule has 20 heavy (non-hydrogen) atoms. The van der Waals surface area contributed by atoms with Gasteiger partial charge in [0.05, 0.1) is 0 Å². The number of rotatable bonds is 4. The van der Waals surface area contributed by atoms with Crippen LogP contribution in [0.2, 0.25) is 0 Å². The van der Waals surface area contributed by atoms with E-state index in [1.54, 1.807) is 6.92 Å². The fraction of sp³-hybridized carbons (Fsp3) is 0.867. The molecule has 0 saturated heterocycles. The minimum absolute atomic E-state index is 0.121. The molecule has 1 saturated carbocycles. The second-order valence-electron chi connectivity index (χ2n) is 6.85. The van der Waals surface area contributed by atoms with Gasteiger partial charge in [0.25, 0.3) is 0 Å². The summed E-state index contributed by atoms with van der Waals surface area (Å²) in [5.41, 5.74) is -0.492. The molecule has 0 aromatic rings. The minimum atomic E-state index is -0.516. The van der Waals surface area contributed by atoms with Crippen molar-refractivity contribution in [3.63, 3.8) is 0 Å². The van der Waals surface area contributed by atoms with Gasteiger partial charge in [-0.3, -0.25) is 9.59 Å². The van der Waals surface area contributed by atoms with Gasteiger partial charge in [0, 0.05) is 18.1 Å². The van der Waals surface area contributed by atoms with Crippen LogP contribution in [0.1, 0.15) is 53.4 Å². The first-order valence-corrected chi connectivity index (χ1v) is 7.46. The van der Waals surface area contributed by atoms with Crippen molar-refractivity contribution in [2.75, 3.05) is 6.61 Å². The number of carbonyl (C=O) groups excluding carboxylic acids is 2. The number of amides is 2. The highest BCUT2D eigenvalue weighted by Crippen LogP contribution is 2.23. The lowest BCUT2D eigenvalue weighted by Gasteiger charge is -2.29. The van der Waals surface area contributed by atoms with Crippen LogP contribution >= 0.6 is 0 Å². The second-order valence-corrected chi connectivity index (χ2v) is 6.85. The molecule has 116 valence electrons. The summed E-state index contributed by atoms with van der Waals surface area (Å²) in [4.78, 5) is 23.9. The third-order valence-corrected chi connectivity index (χ3v) is 3.87. The van der Waals surface area contributed by atoms with Gasteiger partial charge in [-0.1, -0.05) is 20.8 Å². The van der Waals surface area contributed by atoms with E-state index in [0.717, 1.165) is 25.7 Å². The first-order chi connectivity index (χ1) is 9.24. The van der Waals surface area contributed by atoms with Gasteiger partial charge >= 0.3 is 0 Å². The topological polar surface area (TPSA) is 78.4 Å². The Labute approximate surface area is 121 Å². The first-order valence-electron chi connectivity index (χ1n) is 7.46. The Morgan fingerprint density at radius 2 is 1.75 bits per heavy atom. The van der Waals surface area contributed by atoms with Gasteiger partial charge in [0.2, 0.25) is 11.8 Å². The van der Waals surface area contributed by atoms with Gasteiger partial charge in [-0.15, -0.1) is 0 Å². The molecule has 1 unspecified atom stereocenters. The highest BCUT2D eigenvalue weighted by atomic mass is 16.3. The fourth-order valence-electron chi connectivity index (χ4n) is 2.29. The van der Waals surface area contributed by atoms with E-state index in [9.17, 15) is 9.59 Å². The molecule has 0 heterocycles. The quantitative estimate of drug-likeness (QED) is 0.726. The molecule has 0 spiro atoms. The summed E-state index contributed by atoms with van der Waals surface area (Å²) >= 11 is 0. The summed E-state index contributed by atoms with van der Waals surface area (Å²) in [5.74, 6) is 0.125. The lowest BCUT2D eigenvalue weighted by Crippen LogP contribution is -2.51. The number of hydrogen-bond donors (Lipinski definition) is 3. The zero-order chi connectivity index (χ0) is 15.3. The fourth-order valence-corrected chi connectivity index (χ4v) is 2.29. The maximum absolute atomic E-state index is 12.0. The number of hydrogen-bond acceptors (Lipinski definition) is 3. The Morgan fingerprint density at radius 3 is 2.20 bits per heavy atom. The molecule has 3 N–H and O–H groups in total. The van der Waals surface area contributed by atoms with Crippen LogP contribution in [0.25, 0.3) is 0 Å². The molecule has 0 aromatic heterocycles. The van der Waals surface area contributed by atoms with Crippen LogP contribution in [0.3, 0.4) is 0 Å². The van der Waals surface area contributed by atoms with Crippen molar-refractivity contribution in [1.29, 1.82) is 0 Å². The number of aliphatic hydroxyl groups is 1. The molecule has 5 nitrogen and oxygen atoms in total. The van der Waals surface area contributed by atoms with E-state index in [4.69, 9.17) is 5.11 Å². The van der Waals surface area contributed by atoms with Gasteiger partial charge in [0.1, 0.15) is 6.04 Å². The Balaban J connectivity index is 2.37. The van der Waals surface area contributed by atoms with Crippen molar-refractivity contribution >= 4 is 11.8 Å². The smallest absolute Gasteiger partial charge is 0.242 e. The molecule has 1 atom stereocenters. The highest BCUT2D eigenvalue weighted by Gasteiger charge is 2.27. The summed E-state index contributed by atoms with van der Waals surface area (Å²) in [7, 11) is 0. The summed E-state index contributed by atoms with van der Waals surface area (Å²) < 4.78 is 0. The van der Waals surface area contributed by atoms with E-state index in [-0.39, 0.29) is 24.5 Å². The largest absolute Gasteiger partial charge is 0.396 e. The van der Waals surface area contributed by atoms with Crippen LogP contribution < -0.4 is 10.6 Å². The molecule has 1 aliphatic carbocycles.